The van der Waals surface area contributed by atoms with Gasteiger partial charge in [0.05, 0.1) is 25.5 Å². The van der Waals surface area contributed by atoms with Gasteiger partial charge in [0.1, 0.15) is 11.4 Å². The van der Waals surface area contributed by atoms with Crippen molar-refractivity contribution in [3.05, 3.63) is 71.0 Å². The quantitative estimate of drug-likeness (QED) is 0.715. The van der Waals surface area contributed by atoms with Gasteiger partial charge in [0.2, 0.25) is 0 Å². The van der Waals surface area contributed by atoms with Crippen LogP contribution in [0.4, 0.5) is 0 Å². The summed E-state index contributed by atoms with van der Waals surface area (Å²) in [7, 11) is 1.60. The zero-order valence-electron chi connectivity index (χ0n) is 14.1. The number of nitrogens with zero attached hydrogens (tertiary/aromatic N) is 4. The Morgan fingerprint density at radius 3 is 2.65 bits per heavy atom. The summed E-state index contributed by atoms with van der Waals surface area (Å²) in [5, 5.41) is 7.04. The van der Waals surface area contributed by atoms with Gasteiger partial charge in [-0.1, -0.05) is 0 Å². The van der Waals surface area contributed by atoms with Crippen LogP contribution in [-0.4, -0.2) is 39.3 Å². The third kappa shape index (κ3) is 4.10. The van der Waals surface area contributed by atoms with Crippen molar-refractivity contribution in [3.63, 3.8) is 0 Å². The molecule has 0 spiro atoms. The second-order valence-corrected chi connectivity index (χ2v) is 5.36. The summed E-state index contributed by atoms with van der Waals surface area (Å²) in [6.45, 7) is 0.489. The Morgan fingerprint density at radius 1 is 1.15 bits per heavy atom. The lowest BCUT2D eigenvalue weighted by molar-refractivity contribution is 0.0946. The molecular formula is C18H17N5O3. The summed E-state index contributed by atoms with van der Waals surface area (Å²) >= 11 is 0. The molecule has 0 atom stereocenters. The fourth-order valence-corrected chi connectivity index (χ4v) is 2.31. The van der Waals surface area contributed by atoms with Crippen molar-refractivity contribution in [1.82, 2.24) is 25.1 Å². The molecule has 132 valence electrons. The first-order valence-corrected chi connectivity index (χ1v) is 7.94. The van der Waals surface area contributed by atoms with Gasteiger partial charge in [0.15, 0.2) is 0 Å². The Labute approximate surface area is 149 Å². The molecule has 1 aromatic carbocycles. The minimum absolute atomic E-state index is 0.222. The molecule has 0 aliphatic rings. The van der Waals surface area contributed by atoms with E-state index in [4.69, 9.17) is 4.74 Å². The molecule has 2 aromatic heterocycles. The predicted octanol–water partition coefficient (Wildman–Crippen LogP) is 1.14. The van der Waals surface area contributed by atoms with E-state index >= 15 is 0 Å². The molecule has 0 saturated carbocycles. The van der Waals surface area contributed by atoms with Crippen LogP contribution in [-0.2, 0) is 6.54 Å². The zero-order valence-corrected chi connectivity index (χ0v) is 14.1. The molecule has 0 saturated heterocycles. The largest absolute Gasteiger partial charge is 0.497 e. The number of carbonyl (C=O) groups is 1. The van der Waals surface area contributed by atoms with Crippen LogP contribution in [0.15, 0.2) is 59.8 Å². The van der Waals surface area contributed by atoms with Gasteiger partial charge in [-0.05, 0) is 30.3 Å². The molecule has 3 aromatic rings. The molecule has 0 bridgehead atoms. The molecule has 0 aliphatic heterocycles. The van der Waals surface area contributed by atoms with E-state index in [1.165, 1.54) is 29.3 Å². The topological polar surface area (TPSA) is 99.0 Å². The van der Waals surface area contributed by atoms with E-state index in [1.807, 2.05) is 24.3 Å². The van der Waals surface area contributed by atoms with Crippen LogP contribution in [0.25, 0.3) is 11.3 Å². The summed E-state index contributed by atoms with van der Waals surface area (Å²) in [6.07, 6.45) is 4.31. The van der Waals surface area contributed by atoms with Crippen molar-refractivity contribution in [3.8, 4) is 17.0 Å². The van der Waals surface area contributed by atoms with Crippen LogP contribution < -0.4 is 15.6 Å². The second-order valence-electron chi connectivity index (χ2n) is 5.36. The highest BCUT2D eigenvalue weighted by molar-refractivity contribution is 5.91. The Morgan fingerprint density at radius 2 is 1.96 bits per heavy atom. The average molecular weight is 351 g/mol. The number of nitrogens with one attached hydrogen (secondary N) is 1. The smallest absolute Gasteiger partial charge is 0.271 e. The lowest BCUT2D eigenvalue weighted by Crippen LogP contribution is -2.32. The number of carbonyl (C=O) groups excluding carboxylic acids is 1. The van der Waals surface area contributed by atoms with E-state index in [0.717, 1.165) is 11.3 Å². The number of amides is 1. The number of methoxy groups -OCH3 is 1. The van der Waals surface area contributed by atoms with Crippen LogP contribution in [0.3, 0.4) is 0 Å². The van der Waals surface area contributed by atoms with Gasteiger partial charge in [-0.2, -0.15) is 5.10 Å². The predicted molar refractivity (Wildman–Crippen MR) is 94.9 cm³/mol. The third-order valence-corrected chi connectivity index (χ3v) is 3.66. The lowest BCUT2D eigenvalue weighted by atomic mass is 10.1. The number of rotatable bonds is 6. The highest BCUT2D eigenvalue weighted by Gasteiger charge is 2.07. The van der Waals surface area contributed by atoms with Crippen LogP contribution >= 0.6 is 0 Å². The highest BCUT2D eigenvalue weighted by Crippen LogP contribution is 2.19. The molecule has 0 radical (unpaired) electrons. The minimum Gasteiger partial charge on any atom is -0.497 e. The fraction of sp³-hybridized carbons (Fsp3) is 0.167. The van der Waals surface area contributed by atoms with E-state index in [-0.39, 0.29) is 30.2 Å². The van der Waals surface area contributed by atoms with E-state index < -0.39 is 0 Å². The average Bonchev–Trinajstić information content (AvgIpc) is 2.70. The maximum Gasteiger partial charge on any atom is 0.271 e. The molecule has 8 nitrogen and oxygen atoms in total. The lowest BCUT2D eigenvalue weighted by Gasteiger charge is -2.08. The number of ether oxygens (including phenoxy) is 1. The van der Waals surface area contributed by atoms with E-state index in [9.17, 15) is 9.59 Å². The van der Waals surface area contributed by atoms with Crippen molar-refractivity contribution >= 4 is 5.91 Å². The monoisotopic (exact) mass is 351 g/mol. The molecule has 0 aliphatic carbocycles. The Kier molecular flexibility index (Phi) is 5.33. The van der Waals surface area contributed by atoms with Crippen molar-refractivity contribution < 1.29 is 9.53 Å². The molecular weight excluding hydrogens is 334 g/mol. The van der Waals surface area contributed by atoms with Gasteiger partial charge in [0.25, 0.3) is 11.5 Å². The first-order chi connectivity index (χ1) is 12.7. The summed E-state index contributed by atoms with van der Waals surface area (Å²) in [5.74, 6) is 0.395. The zero-order chi connectivity index (χ0) is 18.4. The Bertz CT molecular complexity index is 939. The molecule has 2 heterocycles. The maximum atomic E-state index is 12.0. The van der Waals surface area contributed by atoms with Gasteiger partial charge in [-0.15, -0.1) is 0 Å². The number of hydrogen-bond acceptors (Lipinski definition) is 6. The van der Waals surface area contributed by atoms with Crippen LogP contribution in [0, 0.1) is 0 Å². The maximum absolute atomic E-state index is 12.0. The van der Waals surface area contributed by atoms with Crippen molar-refractivity contribution in [2.24, 2.45) is 0 Å². The molecule has 0 fully saturated rings. The first kappa shape index (κ1) is 17.3. The Balaban J connectivity index is 1.68. The van der Waals surface area contributed by atoms with Gasteiger partial charge >= 0.3 is 0 Å². The van der Waals surface area contributed by atoms with Crippen molar-refractivity contribution in [1.29, 1.82) is 0 Å². The third-order valence-electron chi connectivity index (χ3n) is 3.66. The number of aromatic nitrogens is 4. The summed E-state index contributed by atoms with van der Waals surface area (Å²) in [6, 6.07) is 10.5. The van der Waals surface area contributed by atoms with E-state index in [2.05, 4.69) is 20.4 Å². The van der Waals surface area contributed by atoms with Crippen molar-refractivity contribution in [2.45, 2.75) is 6.54 Å². The normalized spacial score (nSPS) is 10.3. The second kappa shape index (κ2) is 8.02. The van der Waals surface area contributed by atoms with Crippen LogP contribution in [0.5, 0.6) is 5.75 Å². The SMILES string of the molecule is COc1ccc(-c2ccc(=O)n(CCNC(=O)c3cnccn3)n2)cc1. The fourth-order valence-electron chi connectivity index (χ4n) is 2.31. The standard InChI is InChI=1S/C18H17N5O3/c1-26-14-4-2-13(3-5-14)15-6-7-17(24)23(22-15)11-10-21-18(25)16-12-19-8-9-20-16/h2-9,12H,10-11H2,1H3,(H,21,25). The van der Waals surface area contributed by atoms with Gasteiger partial charge < -0.3 is 10.1 Å². The number of hydrogen-bond donors (Lipinski definition) is 1. The molecule has 1 N–H and O–H groups in total. The molecule has 1 amide bonds. The minimum atomic E-state index is -0.350. The summed E-state index contributed by atoms with van der Waals surface area (Å²) in [5.41, 5.74) is 1.51. The summed E-state index contributed by atoms with van der Waals surface area (Å²) < 4.78 is 6.45. The van der Waals surface area contributed by atoms with Gasteiger partial charge in [-0.25, -0.2) is 9.67 Å². The highest BCUT2D eigenvalue weighted by atomic mass is 16.5. The van der Waals surface area contributed by atoms with Crippen molar-refractivity contribution in [2.75, 3.05) is 13.7 Å². The van der Waals surface area contributed by atoms with Gasteiger partial charge in [0, 0.05) is 30.6 Å². The molecule has 0 unspecified atom stereocenters. The molecule has 26 heavy (non-hydrogen) atoms. The van der Waals surface area contributed by atoms with E-state index in [1.54, 1.807) is 13.2 Å². The van der Waals surface area contributed by atoms with Crippen LogP contribution in [0.1, 0.15) is 10.5 Å². The first-order valence-electron chi connectivity index (χ1n) is 7.94. The van der Waals surface area contributed by atoms with E-state index in [0.29, 0.717) is 5.69 Å². The van der Waals surface area contributed by atoms with Crippen LogP contribution in [0.2, 0.25) is 0 Å². The molecule has 8 heteroatoms. The Hall–Kier alpha value is -3.55. The summed E-state index contributed by atoms with van der Waals surface area (Å²) in [4.78, 5) is 31.7. The van der Waals surface area contributed by atoms with Gasteiger partial charge in [-0.3, -0.25) is 14.6 Å². The molecule has 3 rings (SSSR count). The number of benzene rings is 1.